The Morgan fingerprint density at radius 3 is 2.35 bits per heavy atom. The van der Waals surface area contributed by atoms with Crippen LogP contribution in [0.2, 0.25) is 0 Å². The minimum absolute atomic E-state index is 0.234. The fourth-order valence-electron chi connectivity index (χ4n) is 2.10. The van der Waals surface area contributed by atoms with Crippen LogP contribution < -0.4 is 5.73 Å². The maximum Gasteiger partial charge on any atom is 0.230 e. The van der Waals surface area contributed by atoms with Gasteiger partial charge < -0.3 is 10.3 Å². The summed E-state index contributed by atoms with van der Waals surface area (Å²) in [6, 6.07) is 8.31. The van der Waals surface area contributed by atoms with Crippen LogP contribution in [0.4, 0.5) is 5.88 Å². The standard InChI is InChI=1S/C17H24N2O/c1-11-6-8-13(9-7-11)15-14(19-20-16(15)18)10-12(2)17(3,4)5/h6-9,12H,10,18H2,1-5H3. The van der Waals surface area contributed by atoms with E-state index < -0.39 is 0 Å². The van der Waals surface area contributed by atoms with Crippen LogP contribution in [0.1, 0.15) is 39.0 Å². The third-order valence-electron chi connectivity index (χ3n) is 4.11. The number of nitrogens with two attached hydrogens (primary N) is 1. The van der Waals surface area contributed by atoms with Crippen LogP contribution >= 0.6 is 0 Å². The van der Waals surface area contributed by atoms with Crippen molar-refractivity contribution in [3.8, 4) is 11.1 Å². The third-order valence-corrected chi connectivity index (χ3v) is 4.11. The minimum atomic E-state index is 0.234. The molecule has 1 aromatic heterocycles. The molecule has 0 radical (unpaired) electrons. The normalized spacial score (nSPS) is 13.4. The van der Waals surface area contributed by atoms with Crippen LogP contribution in [0.5, 0.6) is 0 Å². The number of hydrogen-bond donors (Lipinski definition) is 1. The average Bonchev–Trinajstić information content (AvgIpc) is 2.71. The maximum atomic E-state index is 5.97. The SMILES string of the molecule is Cc1ccc(-c2c(CC(C)C(C)(C)C)noc2N)cc1. The number of aryl methyl sites for hydroxylation is 1. The van der Waals surface area contributed by atoms with E-state index in [-0.39, 0.29) is 5.41 Å². The van der Waals surface area contributed by atoms with Crippen molar-refractivity contribution in [2.24, 2.45) is 11.3 Å². The lowest BCUT2D eigenvalue weighted by Gasteiger charge is -2.26. The molecule has 0 amide bonds. The fraction of sp³-hybridized carbons (Fsp3) is 0.471. The maximum absolute atomic E-state index is 5.97. The summed E-state index contributed by atoms with van der Waals surface area (Å²) in [5.74, 6) is 0.904. The molecule has 3 heteroatoms. The van der Waals surface area contributed by atoms with Gasteiger partial charge in [0.15, 0.2) is 0 Å². The predicted molar refractivity (Wildman–Crippen MR) is 83.4 cm³/mol. The molecular weight excluding hydrogens is 248 g/mol. The molecular formula is C17H24N2O. The molecule has 3 nitrogen and oxygen atoms in total. The number of aromatic nitrogens is 1. The van der Waals surface area contributed by atoms with Crippen LogP contribution in [0.15, 0.2) is 28.8 Å². The molecule has 1 atom stereocenters. The van der Waals surface area contributed by atoms with Gasteiger partial charge in [-0.3, -0.25) is 0 Å². The van der Waals surface area contributed by atoms with Crippen LogP contribution in [-0.2, 0) is 6.42 Å². The van der Waals surface area contributed by atoms with Gasteiger partial charge in [-0.25, -0.2) is 0 Å². The number of nitrogen functional groups attached to an aromatic ring is 1. The van der Waals surface area contributed by atoms with E-state index in [1.54, 1.807) is 0 Å². The summed E-state index contributed by atoms with van der Waals surface area (Å²) < 4.78 is 5.22. The first-order valence-corrected chi connectivity index (χ1v) is 7.10. The van der Waals surface area contributed by atoms with Gasteiger partial charge in [-0.2, -0.15) is 0 Å². The average molecular weight is 272 g/mol. The van der Waals surface area contributed by atoms with E-state index in [0.29, 0.717) is 11.8 Å². The van der Waals surface area contributed by atoms with Crippen molar-refractivity contribution in [2.75, 3.05) is 5.73 Å². The Morgan fingerprint density at radius 2 is 1.80 bits per heavy atom. The second-order valence-corrected chi connectivity index (χ2v) is 6.71. The van der Waals surface area contributed by atoms with Gasteiger partial charge in [-0.05, 0) is 30.2 Å². The predicted octanol–water partition coefficient (Wildman–Crippen LogP) is 4.46. The molecule has 0 aliphatic rings. The molecule has 1 unspecified atom stereocenters. The summed E-state index contributed by atoms with van der Waals surface area (Å²) in [5.41, 5.74) is 10.4. The van der Waals surface area contributed by atoms with Crippen LogP contribution in [0, 0.1) is 18.3 Å². The van der Waals surface area contributed by atoms with Gasteiger partial charge in [0, 0.05) is 0 Å². The number of rotatable bonds is 3. The third kappa shape index (κ3) is 3.03. The van der Waals surface area contributed by atoms with Crippen molar-refractivity contribution in [2.45, 2.75) is 41.0 Å². The number of anilines is 1. The molecule has 0 spiro atoms. The lowest BCUT2D eigenvalue weighted by atomic mass is 9.79. The molecule has 0 saturated carbocycles. The highest BCUT2D eigenvalue weighted by molar-refractivity contribution is 5.75. The Labute approximate surface area is 121 Å². The summed E-state index contributed by atoms with van der Waals surface area (Å²) in [7, 11) is 0. The molecule has 0 saturated heterocycles. The van der Waals surface area contributed by atoms with E-state index in [9.17, 15) is 0 Å². The van der Waals surface area contributed by atoms with E-state index in [0.717, 1.165) is 23.2 Å². The first kappa shape index (κ1) is 14.6. The van der Waals surface area contributed by atoms with E-state index in [4.69, 9.17) is 10.3 Å². The van der Waals surface area contributed by atoms with Gasteiger partial charge in [-0.1, -0.05) is 62.7 Å². The van der Waals surface area contributed by atoms with Crippen molar-refractivity contribution < 1.29 is 4.52 Å². The molecule has 0 aliphatic heterocycles. The Hall–Kier alpha value is -1.77. The number of nitrogens with zero attached hydrogens (tertiary/aromatic N) is 1. The lowest BCUT2D eigenvalue weighted by Crippen LogP contribution is -2.19. The smallest absolute Gasteiger partial charge is 0.230 e. The lowest BCUT2D eigenvalue weighted by molar-refractivity contribution is 0.255. The largest absolute Gasteiger partial charge is 0.367 e. The molecule has 1 heterocycles. The second kappa shape index (κ2) is 5.31. The molecule has 0 fully saturated rings. The van der Waals surface area contributed by atoms with Crippen LogP contribution in [0.3, 0.4) is 0 Å². The summed E-state index contributed by atoms with van der Waals surface area (Å²) in [5, 5.41) is 4.17. The summed E-state index contributed by atoms with van der Waals surface area (Å²) >= 11 is 0. The topological polar surface area (TPSA) is 52.0 Å². The highest BCUT2D eigenvalue weighted by Gasteiger charge is 2.24. The molecule has 2 rings (SSSR count). The number of benzene rings is 1. The highest BCUT2D eigenvalue weighted by atomic mass is 16.5. The summed E-state index contributed by atoms with van der Waals surface area (Å²) in [4.78, 5) is 0. The van der Waals surface area contributed by atoms with Gasteiger partial charge >= 0.3 is 0 Å². The van der Waals surface area contributed by atoms with Crippen molar-refractivity contribution in [3.05, 3.63) is 35.5 Å². The van der Waals surface area contributed by atoms with E-state index in [1.165, 1.54) is 5.56 Å². The van der Waals surface area contributed by atoms with Crippen molar-refractivity contribution in [1.82, 2.24) is 5.16 Å². The van der Waals surface area contributed by atoms with Gasteiger partial charge in [0.1, 0.15) is 0 Å². The highest BCUT2D eigenvalue weighted by Crippen LogP contribution is 2.35. The second-order valence-electron chi connectivity index (χ2n) is 6.71. The van der Waals surface area contributed by atoms with E-state index in [2.05, 4.69) is 64.0 Å². The molecule has 108 valence electrons. The first-order chi connectivity index (χ1) is 9.29. The van der Waals surface area contributed by atoms with E-state index in [1.807, 2.05) is 0 Å². The summed E-state index contributed by atoms with van der Waals surface area (Å²) in [6.07, 6.45) is 0.868. The van der Waals surface area contributed by atoms with Crippen LogP contribution in [0.25, 0.3) is 11.1 Å². The fourth-order valence-corrected chi connectivity index (χ4v) is 2.10. The Balaban J connectivity index is 2.35. The zero-order chi connectivity index (χ0) is 14.9. The first-order valence-electron chi connectivity index (χ1n) is 7.10. The zero-order valence-electron chi connectivity index (χ0n) is 13.0. The van der Waals surface area contributed by atoms with E-state index >= 15 is 0 Å². The summed E-state index contributed by atoms with van der Waals surface area (Å²) in [6.45, 7) is 11.0. The number of hydrogen-bond acceptors (Lipinski definition) is 3. The van der Waals surface area contributed by atoms with Crippen molar-refractivity contribution >= 4 is 5.88 Å². The monoisotopic (exact) mass is 272 g/mol. The van der Waals surface area contributed by atoms with Gasteiger partial charge in [-0.15, -0.1) is 0 Å². The van der Waals surface area contributed by atoms with Crippen molar-refractivity contribution in [1.29, 1.82) is 0 Å². The van der Waals surface area contributed by atoms with Gasteiger partial charge in [0.25, 0.3) is 0 Å². The minimum Gasteiger partial charge on any atom is -0.367 e. The molecule has 1 aromatic carbocycles. The zero-order valence-corrected chi connectivity index (χ0v) is 13.0. The quantitative estimate of drug-likeness (QED) is 0.897. The molecule has 0 aliphatic carbocycles. The van der Waals surface area contributed by atoms with Crippen LogP contribution in [-0.4, -0.2) is 5.16 Å². The Kier molecular flexibility index (Phi) is 3.89. The molecule has 2 N–H and O–H groups in total. The molecule has 20 heavy (non-hydrogen) atoms. The van der Waals surface area contributed by atoms with Gasteiger partial charge in [0.2, 0.25) is 5.88 Å². The Morgan fingerprint density at radius 1 is 1.20 bits per heavy atom. The Bertz CT molecular complexity index is 576. The molecule has 2 aromatic rings. The van der Waals surface area contributed by atoms with Gasteiger partial charge in [0.05, 0.1) is 11.3 Å². The molecule has 0 bridgehead atoms. The van der Waals surface area contributed by atoms with Crippen molar-refractivity contribution in [3.63, 3.8) is 0 Å².